The van der Waals surface area contributed by atoms with E-state index in [1.807, 2.05) is 20.8 Å². The van der Waals surface area contributed by atoms with Crippen molar-refractivity contribution in [2.75, 3.05) is 20.2 Å². The van der Waals surface area contributed by atoms with E-state index in [1.165, 1.54) is 0 Å². The predicted molar refractivity (Wildman–Crippen MR) is 86.2 cm³/mol. The smallest absolute Gasteiger partial charge is 0.237 e. The van der Waals surface area contributed by atoms with Gasteiger partial charge in [-0.2, -0.15) is 0 Å². The molecule has 0 radical (unpaired) electrons. The Morgan fingerprint density at radius 3 is 2.62 bits per heavy atom. The lowest BCUT2D eigenvalue weighted by molar-refractivity contribution is -0.124. The molecule has 124 valence electrons. The monoisotopic (exact) mass is 299 g/mol. The van der Waals surface area contributed by atoms with Crippen LogP contribution in [-0.4, -0.2) is 54.7 Å². The largest absolute Gasteiger partial charge is 0.377 e. The number of amides is 1. The van der Waals surface area contributed by atoms with Crippen LogP contribution in [0.25, 0.3) is 0 Å². The molecule has 1 saturated heterocycles. The van der Waals surface area contributed by atoms with Crippen molar-refractivity contribution in [2.24, 2.45) is 5.73 Å². The number of carbonyl (C=O) groups excluding carboxylic acids is 1. The van der Waals surface area contributed by atoms with Gasteiger partial charge in [0.2, 0.25) is 5.91 Å². The molecule has 1 fully saturated rings. The zero-order valence-electron chi connectivity index (χ0n) is 14.3. The van der Waals surface area contributed by atoms with Crippen LogP contribution >= 0.6 is 0 Å². The van der Waals surface area contributed by atoms with E-state index >= 15 is 0 Å². The lowest BCUT2D eigenvalue weighted by Crippen LogP contribution is -2.55. The molecule has 0 aliphatic carbocycles. The fraction of sp³-hybridized carbons (Fsp3) is 0.938. The van der Waals surface area contributed by atoms with Crippen molar-refractivity contribution in [1.29, 1.82) is 0 Å². The number of nitrogens with zero attached hydrogens (tertiary/aromatic N) is 1. The van der Waals surface area contributed by atoms with Gasteiger partial charge < -0.3 is 20.7 Å². The Morgan fingerprint density at radius 1 is 1.48 bits per heavy atom. The Labute approximate surface area is 129 Å². The molecule has 0 saturated carbocycles. The molecule has 5 heteroatoms. The predicted octanol–water partition coefficient (Wildman–Crippen LogP) is 1.51. The van der Waals surface area contributed by atoms with Crippen LogP contribution in [0.5, 0.6) is 0 Å². The van der Waals surface area contributed by atoms with Gasteiger partial charge in [0, 0.05) is 18.7 Å². The molecule has 1 heterocycles. The number of unbranched alkanes of at least 4 members (excludes halogenated alkanes) is 1. The Kier molecular flexibility index (Phi) is 7.10. The molecule has 5 nitrogen and oxygen atoms in total. The van der Waals surface area contributed by atoms with Crippen LogP contribution in [0.15, 0.2) is 0 Å². The number of nitrogens with one attached hydrogen (secondary N) is 1. The highest BCUT2D eigenvalue weighted by Gasteiger charge is 2.31. The highest BCUT2D eigenvalue weighted by molar-refractivity contribution is 5.84. The minimum atomic E-state index is -0.601. The molecule has 0 aromatic heterocycles. The molecule has 1 aliphatic heterocycles. The van der Waals surface area contributed by atoms with Crippen molar-refractivity contribution in [3.05, 3.63) is 0 Å². The number of ether oxygens (including phenoxy) is 1. The SMILES string of the molecule is CC(C)NC(C)(CCCCN(C)C1CCOC1C)C(N)=O. The third-order valence-corrected chi connectivity index (χ3v) is 4.49. The zero-order chi connectivity index (χ0) is 16.0. The van der Waals surface area contributed by atoms with Crippen LogP contribution in [0.1, 0.15) is 53.4 Å². The number of likely N-dealkylation sites (N-methyl/N-ethyl adjacent to an activating group) is 1. The van der Waals surface area contributed by atoms with E-state index in [2.05, 4.69) is 24.2 Å². The fourth-order valence-corrected chi connectivity index (χ4v) is 3.21. The maximum Gasteiger partial charge on any atom is 0.237 e. The van der Waals surface area contributed by atoms with E-state index in [9.17, 15) is 4.79 Å². The summed E-state index contributed by atoms with van der Waals surface area (Å²) in [6.07, 6.45) is 4.29. The van der Waals surface area contributed by atoms with E-state index < -0.39 is 5.54 Å². The normalized spacial score (nSPS) is 25.5. The van der Waals surface area contributed by atoms with Crippen molar-refractivity contribution in [1.82, 2.24) is 10.2 Å². The molecule has 1 aliphatic rings. The molecule has 3 unspecified atom stereocenters. The third kappa shape index (κ3) is 5.57. The topological polar surface area (TPSA) is 67.6 Å². The Bertz CT molecular complexity index is 335. The van der Waals surface area contributed by atoms with E-state index in [4.69, 9.17) is 10.5 Å². The second kappa shape index (κ2) is 8.11. The highest BCUT2D eigenvalue weighted by Crippen LogP contribution is 2.20. The lowest BCUT2D eigenvalue weighted by Gasteiger charge is -2.31. The summed E-state index contributed by atoms with van der Waals surface area (Å²) in [5.74, 6) is -0.262. The fourth-order valence-electron chi connectivity index (χ4n) is 3.21. The summed E-state index contributed by atoms with van der Waals surface area (Å²) >= 11 is 0. The quantitative estimate of drug-likeness (QED) is 0.633. The molecule has 21 heavy (non-hydrogen) atoms. The van der Waals surface area contributed by atoms with Crippen molar-refractivity contribution in [3.8, 4) is 0 Å². The van der Waals surface area contributed by atoms with Crippen molar-refractivity contribution < 1.29 is 9.53 Å². The molecule has 0 aromatic carbocycles. The first-order valence-electron chi connectivity index (χ1n) is 8.15. The maximum absolute atomic E-state index is 11.7. The number of hydrogen-bond acceptors (Lipinski definition) is 4. The molecular formula is C16H33N3O2. The zero-order valence-corrected chi connectivity index (χ0v) is 14.3. The first-order chi connectivity index (χ1) is 9.76. The van der Waals surface area contributed by atoms with Gasteiger partial charge in [-0.1, -0.05) is 0 Å². The van der Waals surface area contributed by atoms with E-state index in [0.29, 0.717) is 12.1 Å². The number of rotatable bonds is 9. The summed E-state index contributed by atoms with van der Waals surface area (Å²) in [7, 11) is 2.16. The van der Waals surface area contributed by atoms with Gasteiger partial charge in [-0.25, -0.2) is 0 Å². The number of primary amides is 1. The average molecular weight is 299 g/mol. The van der Waals surface area contributed by atoms with Gasteiger partial charge >= 0.3 is 0 Å². The van der Waals surface area contributed by atoms with Crippen molar-refractivity contribution in [3.63, 3.8) is 0 Å². The van der Waals surface area contributed by atoms with Crippen LogP contribution in [0.4, 0.5) is 0 Å². The lowest BCUT2D eigenvalue weighted by atomic mass is 9.93. The first kappa shape index (κ1) is 18.4. The molecular weight excluding hydrogens is 266 g/mol. The number of carbonyl (C=O) groups is 1. The van der Waals surface area contributed by atoms with E-state index in [-0.39, 0.29) is 11.9 Å². The summed E-state index contributed by atoms with van der Waals surface area (Å²) in [6, 6.07) is 0.781. The summed E-state index contributed by atoms with van der Waals surface area (Å²) in [4.78, 5) is 14.1. The minimum absolute atomic E-state index is 0.252. The van der Waals surface area contributed by atoms with Gasteiger partial charge in [-0.05, 0) is 67.0 Å². The number of hydrogen-bond donors (Lipinski definition) is 2. The van der Waals surface area contributed by atoms with Crippen LogP contribution in [0, 0.1) is 0 Å². The van der Waals surface area contributed by atoms with E-state index in [0.717, 1.165) is 38.8 Å². The van der Waals surface area contributed by atoms with Gasteiger partial charge in [-0.15, -0.1) is 0 Å². The molecule has 0 aromatic rings. The molecule has 0 bridgehead atoms. The summed E-state index contributed by atoms with van der Waals surface area (Å²) in [6.45, 7) is 10.0. The van der Waals surface area contributed by atoms with Gasteiger partial charge in [-0.3, -0.25) is 4.79 Å². The van der Waals surface area contributed by atoms with Crippen LogP contribution < -0.4 is 11.1 Å². The Balaban J connectivity index is 2.32. The van der Waals surface area contributed by atoms with Crippen molar-refractivity contribution >= 4 is 5.91 Å². The summed E-state index contributed by atoms with van der Waals surface area (Å²) in [5, 5.41) is 3.30. The van der Waals surface area contributed by atoms with E-state index in [1.54, 1.807) is 0 Å². The minimum Gasteiger partial charge on any atom is -0.377 e. The van der Waals surface area contributed by atoms with Crippen LogP contribution in [0.2, 0.25) is 0 Å². The second-order valence-corrected chi connectivity index (χ2v) is 6.87. The van der Waals surface area contributed by atoms with Crippen LogP contribution in [0.3, 0.4) is 0 Å². The standard InChI is InChI=1S/C16H33N3O2/c1-12(2)18-16(4,15(17)20)9-6-7-10-19(5)14-8-11-21-13(14)3/h12-14,18H,6-11H2,1-5H3,(H2,17,20). The molecule has 3 atom stereocenters. The summed E-state index contributed by atoms with van der Waals surface area (Å²) < 4.78 is 5.61. The molecule has 1 amide bonds. The number of nitrogens with two attached hydrogens (primary N) is 1. The third-order valence-electron chi connectivity index (χ3n) is 4.49. The molecule has 1 rings (SSSR count). The summed E-state index contributed by atoms with van der Waals surface area (Å²) in [5.41, 5.74) is 4.95. The van der Waals surface area contributed by atoms with Gasteiger partial charge in [0.05, 0.1) is 11.6 Å². The first-order valence-corrected chi connectivity index (χ1v) is 8.15. The Hall–Kier alpha value is -0.650. The van der Waals surface area contributed by atoms with Crippen molar-refractivity contribution in [2.45, 2.75) is 77.1 Å². The Morgan fingerprint density at radius 2 is 2.14 bits per heavy atom. The maximum atomic E-state index is 11.7. The highest BCUT2D eigenvalue weighted by atomic mass is 16.5. The molecule has 3 N–H and O–H groups in total. The van der Waals surface area contributed by atoms with Gasteiger partial charge in [0.25, 0.3) is 0 Å². The van der Waals surface area contributed by atoms with Gasteiger partial charge in [0.15, 0.2) is 0 Å². The molecule has 0 spiro atoms. The van der Waals surface area contributed by atoms with Crippen LogP contribution in [-0.2, 0) is 9.53 Å². The average Bonchev–Trinajstić information content (AvgIpc) is 2.79. The van der Waals surface area contributed by atoms with Gasteiger partial charge in [0.1, 0.15) is 0 Å². The second-order valence-electron chi connectivity index (χ2n) is 6.87.